The van der Waals surface area contributed by atoms with Gasteiger partial charge in [-0.2, -0.15) is 10.4 Å². The highest BCUT2D eigenvalue weighted by atomic mass is 35.5. The molecule has 0 radical (unpaired) electrons. The third-order valence-corrected chi connectivity index (χ3v) is 4.21. The number of nitriles is 1. The lowest BCUT2D eigenvalue weighted by atomic mass is 10.1. The summed E-state index contributed by atoms with van der Waals surface area (Å²) in [6.45, 7) is 4.53. The van der Waals surface area contributed by atoms with Gasteiger partial charge in [0.15, 0.2) is 5.69 Å². The van der Waals surface area contributed by atoms with E-state index in [0.29, 0.717) is 29.4 Å². The molecule has 1 aromatic heterocycles. The van der Waals surface area contributed by atoms with E-state index in [9.17, 15) is 4.79 Å². The van der Waals surface area contributed by atoms with E-state index in [1.165, 1.54) is 0 Å². The largest absolute Gasteiger partial charge is 0.329 e. The van der Waals surface area contributed by atoms with Crippen LogP contribution in [0.1, 0.15) is 21.6 Å². The molecule has 0 aliphatic carbocycles. The van der Waals surface area contributed by atoms with Gasteiger partial charge < -0.3 is 4.90 Å². The molecule has 1 heterocycles. The Morgan fingerprint density at radius 1 is 1.26 bits per heavy atom. The van der Waals surface area contributed by atoms with Gasteiger partial charge in [-0.3, -0.25) is 4.79 Å². The molecule has 0 aliphatic rings. The first-order chi connectivity index (χ1) is 13.1. The van der Waals surface area contributed by atoms with Crippen molar-refractivity contribution in [3.8, 4) is 11.8 Å². The second-order valence-electron chi connectivity index (χ2n) is 5.91. The molecule has 0 spiro atoms. The third kappa shape index (κ3) is 4.43. The molecule has 5 nitrogen and oxygen atoms in total. The summed E-state index contributed by atoms with van der Waals surface area (Å²) in [5.41, 5.74) is 2.63. The summed E-state index contributed by atoms with van der Waals surface area (Å²) in [7, 11) is 0. The van der Waals surface area contributed by atoms with E-state index < -0.39 is 0 Å². The van der Waals surface area contributed by atoms with E-state index in [-0.39, 0.29) is 5.91 Å². The monoisotopic (exact) mass is 376 g/mol. The van der Waals surface area contributed by atoms with E-state index in [1.807, 2.05) is 24.3 Å². The summed E-state index contributed by atoms with van der Waals surface area (Å²) in [6, 6.07) is 18.2. The van der Waals surface area contributed by atoms with E-state index >= 15 is 0 Å². The first-order valence-corrected chi connectivity index (χ1v) is 8.69. The van der Waals surface area contributed by atoms with Crippen LogP contribution in [0.2, 0.25) is 5.02 Å². The Hall–Kier alpha value is -3.36. The number of aromatic nitrogens is 2. The fourth-order valence-electron chi connectivity index (χ4n) is 2.64. The van der Waals surface area contributed by atoms with Crippen molar-refractivity contribution < 1.29 is 4.79 Å². The standard InChI is InChI=1S/C21H17ClN4O/c1-2-11-25(15-17-8-6-16(14-23)7-9-17)21(27)20-10-12-26(24-20)19-5-3-4-18(22)13-19/h2-10,12-13H,1,11,15H2. The maximum absolute atomic E-state index is 12.9. The third-order valence-electron chi connectivity index (χ3n) is 3.97. The molecule has 0 bridgehead atoms. The predicted octanol–water partition coefficient (Wildman–Crippen LogP) is 4.23. The molecule has 27 heavy (non-hydrogen) atoms. The van der Waals surface area contributed by atoms with Crippen LogP contribution < -0.4 is 0 Å². The highest BCUT2D eigenvalue weighted by Gasteiger charge is 2.18. The fourth-order valence-corrected chi connectivity index (χ4v) is 2.83. The number of amides is 1. The molecule has 0 unspecified atom stereocenters. The van der Waals surface area contributed by atoms with Gasteiger partial charge >= 0.3 is 0 Å². The summed E-state index contributed by atoms with van der Waals surface area (Å²) in [4.78, 5) is 14.5. The number of hydrogen-bond donors (Lipinski definition) is 0. The van der Waals surface area contributed by atoms with Gasteiger partial charge in [0.2, 0.25) is 0 Å². The van der Waals surface area contributed by atoms with Crippen LogP contribution in [-0.4, -0.2) is 27.1 Å². The van der Waals surface area contributed by atoms with Gasteiger partial charge in [0.05, 0.1) is 17.3 Å². The smallest absolute Gasteiger partial charge is 0.274 e. The molecule has 6 heteroatoms. The van der Waals surface area contributed by atoms with Crippen LogP contribution in [-0.2, 0) is 6.54 Å². The molecule has 2 aromatic carbocycles. The van der Waals surface area contributed by atoms with Gasteiger partial charge in [-0.15, -0.1) is 6.58 Å². The van der Waals surface area contributed by atoms with Crippen molar-refractivity contribution >= 4 is 17.5 Å². The van der Waals surface area contributed by atoms with Gasteiger partial charge in [0, 0.05) is 24.3 Å². The average molecular weight is 377 g/mol. The quantitative estimate of drug-likeness (QED) is 0.605. The number of hydrogen-bond acceptors (Lipinski definition) is 3. The number of carbonyl (C=O) groups is 1. The van der Waals surface area contributed by atoms with Crippen LogP contribution in [0, 0.1) is 11.3 Å². The minimum atomic E-state index is -0.194. The summed E-state index contributed by atoms with van der Waals surface area (Å²) < 4.78 is 1.62. The molecular weight excluding hydrogens is 360 g/mol. The van der Waals surface area contributed by atoms with Crippen molar-refractivity contribution in [2.75, 3.05) is 6.54 Å². The van der Waals surface area contributed by atoms with Crippen molar-refractivity contribution in [1.82, 2.24) is 14.7 Å². The minimum absolute atomic E-state index is 0.194. The van der Waals surface area contributed by atoms with Gasteiger partial charge in [-0.1, -0.05) is 35.9 Å². The van der Waals surface area contributed by atoms with Crippen molar-refractivity contribution in [1.29, 1.82) is 5.26 Å². The molecule has 134 valence electrons. The zero-order valence-corrected chi connectivity index (χ0v) is 15.3. The highest BCUT2D eigenvalue weighted by molar-refractivity contribution is 6.30. The van der Waals surface area contributed by atoms with Crippen LogP contribution in [0.25, 0.3) is 5.69 Å². The molecular formula is C21H17ClN4O. The van der Waals surface area contributed by atoms with E-state index in [1.54, 1.807) is 52.2 Å². The van der Waals surface area contributed by atoms with E-state index in [4.69, 9.17) is 16.9 Å². The molecule has 0 aliphatic heterocycles. The number of halogens is 1. The average Bonchev–Trinajstić information content (AvgIpc) is 3.18. The predicted molar refractivity (Wildman–Crippen MR) is 105 cm³/mol. The van der Waals surface area contributed by atoms with Crippen molar-refractivity contribution in [3.05, 3.63) is 95.3 Å². The second kappa shape index (κ2) is 8.35. The topological polar surface area (TPSA) is 61.9 Å². The van der Waals surface area contributed by atoms with Crippen LogP contribution in [0.5, 0.6) is 0 Å². The Morgan fingerprint density at radius 3 is 2.70 bits per heavy atom. The summed E-state index contributed by atoms with van der Waals surface area (Å²) in [5, 5.41) is 13.9. The van der Waals surface area contributed by atoms with Crippen molar-refractivity contribution in [2.45, 2.75) is 6.54 Å². The van der Waals surface area contributed by atoms with Crippen LogP contribution >= 0.6 is 11.6 Å². The SMILES string of the molecule is C=CCN(Cc1ccc(C#N)cc1)C(=O)c1ccn(-c2cccc(Cl)c2)n1. The number of benzene rings is 2. The molecule has 0 saturated carbocycles. The highest BCUT2D eigenvalue weighted by Crippen LogP contribution is 2.16. The normalized spacial score (nSPS) is 10.2. The lowest BCUT2D eigenvalue weighted by Gasteiger charge is -2.20. The first kappa shape index (κ1) is 18.4. The Kier molecular flexibility index (Phi) is 5.70. The van der Waals surface area contributed by atoms with Gasteiger partial charge in [0.1, 0.15) is 0 Å². The molecule has 0 atom stereocenters. The second-order valence-corrected chi connectivity index (χ2v) is 6.34. The maximum atomic E-state index is 12.9. The Labute approximate surface area is 162 Å². The van der Waals surface area contributed by atoms with Gasteiger partial charge in [0.25, 0.3) is 5.91 Å². The zero-order valence-electron chi connectivity index (χ0n) is 14.5. The summed E-state index contributed by atoms with van der Waals surface area (Å²) >= 11 is 6.02. The summed E-state index contributed by atoms with van der Waals surface area (Å²) in [5.74, 6) is -0.194. The molecule has 1 amide bonds. The number of rotatable bonds is 6. The minimum Gasteiger partial charge on any atom is -0.329 e. The Bertz CT molecular complexity index is 1000. The molecule has 0 fully saturated rings. The molecule has 0 saturated heterocycles. The van der Waals surface area contributed by atoms with Gasteiger partial charge in [-0.25, -0.2) is 4.68 Å². The van der Waals surface area contributed by atoms with E-state index in [0.717, 1.165) is 11.3 Å². The fraction of sp³-hybridized carbons (Fsp3) is 0.0952. The first-order valence-electron chi connectivity index (χ1n) is 8.31. The molecule has 0 N–H and O–H groups in total. The van der Waals surface area contributed by atoms with Crippen LogP contribution in [0.4, 0.5) is 0 Å². The lowest BCUT2D eigenvalue weighted by molar-refractivity contribution is 0.0756. The molecule has 3 aromatic rings. The lowest BCUT2D eigenvalue weighted by Crippen LogP contribution is -2.31. The zero-order chi connectivity index (χ0) is 19.2. The van der Waals surface area contributed by atoms with Crippen LogP contribution in [0.3, 0.4) is 0 Å². The Balaban J connectivity index is 1.80. The van der Waals surface area contributed by atoms with E-state index in [2.05, 4.69) is 17.7 Å². The van der Waals surface area contributed by atoms with Gasteiger partial charge in [-0.05, 0) is 42.0 Å². The van der Waals surface area contributed by atoms with Crippen molar-refractivity contribution in [2.24, 2.45) is 0 Å². The molecule has 3 rings (SSSR count). The Morgan fingerprint density at radius 2 is 2.04 bits per heavy atom. The number of carbonyl (C=O) groups excluding carboxylic acids is 1. The maximum Gasteiger partial charge on any atom is 0.274 e. The number of nitrogens with zero attached hydrogens (tertiary/aromatic N) is 4. The summed E-state index contributed by atoms with van der Waals surface area (Å²) in [6.07, 6.45) is 3.40. The van der Waals surface area contributed by atoms with Crippen LogP contribution in [0.15, 0.2) is 73.4 Å². The van der Waals surface area contributed by atoms with Crippen molar-refractivity contribution in [3.63, 3.8) is 0 Å².